The van der Waals surface area contributed by atoms with Crippen LogP contribution in [-0.2, 0) is 0 Å². The first kappa shape index (κ1) is 19.9. The minimum absolute atomic E-state index is 0.216. The van der Waals surface area contributed by atoms with Crippen LogP contribution in [0.15, 0.2) is 39.7 Å². The molecule has 1 heterocycles. The highest BCUT2D eigenvalue weighted by Crippen LogP contribution is 2.27. The van der Waals surface area contributed by atoms with E-state index < -0.39 is 17.1 Å². The molecule has 2 atom stereocenters. The minimum atomic E-state index is -0.760. The fourth-order valence-electron chi connectivity index (χ4n) is 3.07. The van der Waals surface area contributed by atoms with Gasteiger partial charge in [0.15, 0.2) is 0 Å². The summed E-state index contributed by atoms with van der Waals surface area (Å²) in [6.07, 6.45) is 11.0. The zero-order valence-corrected chi connectivity index (χ0v) is 14.6. The molecule has 0 bridgehead atoms. The number of nitrogens with zero attached hydrogens (tertiary/aromatic N) is 1. The summed E-state index contributed by atoms with van der Waals surface area (Å²) in [5.74, 6) is 0.350. The molecule has 0 saturated heterocycles. The zero-order chi connectivity index (χ0) is 17.9. The van der Waals surface area contributed by atoms with Gasteiger partial charge in [-0.2, -0.15) is 0 Å². The molecule has 2 N–H and O–H groups in total. The highest BCUT2D eigenvalue weighted by molar-refractivity contribution is 4.82. The summed E-state index contributed by atoms with van der Waals surface area (Å²) < 4.78 is 1.17. The second-order valence-electron chi connectivity index (χ2n) is 6.20. The summed E-state index contributed by atoms with van der Waals surface area (Å²) in [6, 6.07) is -0.216. The molecule has 1 aromatic heterocycles. The van der Waals surface area contributed by atoms with Gasteiger partial charge in [0.05, 0.1) is 0 Å². The number of hydrogen-bond donors (Lipinski definition) is 2. The van der Waals surface area contributed by atoms with E-state index in [0.29, 0.717) is 5.92 Å². The molecule has 0 aromatic carbocycles. The van der Waals surface area contributed by atoms with Crippen LogP contribution in [0, 0.1) is 5.92 Å². The van der Waals surface area contributed by atoms with Gasteiger partial charge in [0, 0.05) is 6.04 Å². The van der Waals surface area contributed by atoms with Crippen LogP contribution in [0.5, 0.6) is 0 Å². The molecule has 0 amide bonds. The van der Waals surface area contributed by atoms with Crippen LogP contribution in [0.2, 0.25) is 0 Å². The average Bonchev–Trinajstić information content (AvgIpc) is 2.51. The monoisotopic (exact) mass is 335 g/mol. The standard InChI is InChI=1S/C18H29N3O3/c1-4-7-9-11-14(10-6-3)13-15(12-8-5-2)21-17(23)19-16(22)20-18(21)24/h4,6,14-15H,1,3,5,7-13H2,2H3,(H2,19,20,22,23,24). The molecule has 0 radical (unpaired) electrons. The molecule has 0 aliphatic rings. The zero-order valence-electron chi connectivity index (χ0n) is 14.6. The second-order valence-corrected chi connectivity index (χ2v) is 6.20. The molecule has 134 valence electrons. The Balaban J connectivity index is 3.04. The first-order valence-corrected chi connectivity index (χ1v) is 8.70. The van der Waals surface area contributed by atoms with Gasteiger partial charge in [0.2, 0.25) is 0 Å². The maximum Gasteiger partial charge on any atom is 0.333 e. The van der Waals surface area contributed by atoms with Crippen molar-refractivity contribution in [1.82, 2.24) is 14.5 Å². The summed E-state index contributed by atoms with van der Waals surface area (Å²) >= 11 is 0. The van der Waals surface area contributed by atoms with Gasteiger partial charge in [-0.05, 0) is 44.4 Å². The SMILES string of the molecule is C=CCCCC(CC=C)CC(CCCC)n1c(=O)[nH]c(=O)[nH]c1=O. The summed E-state index contributed by atoms with van der Waals surface area (Å²) in [6.45, 7) is 9.62. The molecule has 0 aliphatic carbocycles. The Hall–Kier alpha value is -2.11. The predicted molar refractivity (Wildman–Crippen MR) is 97.5 cm³/mol. The van der Waals surface area contributed by atoms with E-state index in [1.165, 1.54) is 4.57 Å². The fraction of sp³-hybridized carbons (Fsp3) is 0.611. The van der Waals surface area contributed by atoms with E-state index in [1.54, 1.807) is 0 Å². The van der Waals surface area contributed by atoms with E-state index in [1.807, 2.05) is 12.2 Å². The lowest BCUT2D eigenvalue weighted by Crippen LogP contribution is -2.45. The van der Waals surface area contributed by atoms with Gasteiger partial charge < -0.3 is 0 Å². The van der Waals surface area contributed by atoms with Crippen molar-refractivity contribution in [2.45, 2.75) is 64.3 Å². The number of unbranched alkanes of at least 4 members (excludes halogenated alkanes) is 2. The van der Waals surface area contributed by atoms with E-state index in [9.17, 15) is 14.4 Å². The van der Waals surface area contributed by atoms with Crippen molar-refractivity contribution in [2.24, 2.45) is 5.92 Å². The largest absolute Gasteiger partial charge is 0.333 e. The molecule has 0 fully saturated rings. The van der Waals surface area contributed by atoms with Crippen LogP contribution in [0.25, 0.3) is 0 Å². The third-order valence-electron chi connectivity index (χ3n) is 4.26. The quantitative estimate of drug-likeness (QED) is 0.455. The van der Waals surface area contributed by atoms with Crippen LogP contribution in [0.1, 0.15) is 64.3 Å². The van der Waals surface area contributed by atoms with Crippen molar-refractivity contribution in [1.29, 1.82) is 0 Å². The Morgan fingerprint density at radius 1 is 1.04 bits per heavy atom. The lowest BCUT2D eigenvalue weighted by molar-refractivity contribution is 0.308. The molecule has 2 unspecified atom stereocenters. The summed E-state index contributed by atoms with van der Waals surface area (Å²) in [7, 11) is 0. The maximum absolute atomic E-state index is 12.1. The van der Waals surface area contributed by atoms with Crippen LogP contribution in [0.4, 0.5) is 0 Å². The van der Waals surface area contributed by atoms with Crippen LogP contribution < -0.4 is 17.1 Å². The molecule has 1 rings (SSSR count). The first-order chi connectivity index (χ1) is 11.5. The highest BCUT2D eigenvalue weighted by Gasteiger charge is 2.20. The van der Waals surface area contributed by atoms with Gasteiger partial charge in [-0.25, -0.2) is 19.0 Å². The van der Waals surface area contributed by atoms with E-state index >= 15 is 0 Å². The Morgan fingerprint density at radius 3 is 2.25 bits per heavy atom. The third kappa shape index (κ3) is 6.18. The molecular formula is C18H29N3O3. The second kappa shape index (κ2) is 10.6. The number of hydrogen-bond acceptors (Lipinski definition) is 3. The smallest absolute Gasteiger partial charge is 0.259 e. The topological polar surface area (TPSA) is 87.7 Å². The van der Waals surface area contributed by atoms with E-state index in [-0.39, 0.29) is 6.04 Å². The van der Waals surface area contributed by atoms with Crippen molar-refractivity contribution < 1.29 is 0 Å². The number of rotatable bonds is 12. The molecule has 0 spiro atoms. The molecule has 0 saturated carbocycles. The van der Waals surface area contributed by atoms with Crippen molar-refractivity contribution in [3.05, 3.63) is 56.8 Å². The number of nitrogens with one attached hydrogen (secondary N) is 2. The van der Waals surface area contributed by atoms with Gasteiger partial charge in [-0.15, -0.1) is 13.2 Å². The molecule has 0 aliphatic heterocycles. The lowest BCUT2D eigenvalue weighted by Gasteiger charge is -2.23. The minimum Gasteiger partial charge on any atom is -0.259 e. The molecule has 1 aromatic rings. The van der Waals surface area contributed by atoms with Crippen molar-refractivity contribution in [2.75, 3.05) is 0 Å². The van der Waals surface area contributed by atoms with Crippen LogP contribution >= 0.6 is 0 Å². The normalized spacial score (nSPS) is 13.4. The Kier molecular flexibility index (Phi) is 8.83. The summed E-state index contributed by atoms with van der Waals surface area (Å²) in [4.78, 5) is 39.8. The number of aromatic amines is 2. The van der Waals surface area contributed by atoms with Gasteiger partial charge in [-0.3, -0.25) is 9.97 Å². The average molecular weight is 335 g/mol. The van der Waals surface area contributed by atoms with Crippen molar-refractivity contribution in [3.8, 4) is 0 Å². The number of allylic oxidation sites excluding steroid dienone is 2. The summed E-state index contributed by atoms with van der Waals surface area (Å²) in [5.41, 5.74) is -2.02. The van der Waals surface area contributed by atoms with E-state index in [4.69, 9.17) is 0 Å². The third-order valence-corrected chi connectivity index (χ3v) is 4.26. The van der Waals surface area contributed by atoms with Gasteiger partial charge >= 0.3 is 17.1 Å². The molecule has 6 nitrogen and oxygen atoms in total. The Labute approximate surface area is 142 Å². The van der Waals surface area contributed by atoms with Crippen molar-refractivity contribution in [3.63, 3.8) is 0 Å². The maximum atomic E-state index is 12.1. The van der Waals surface area contributed by atoms with Crippen molar-refractivity contribution >= 4 is 0 Å². The predicted octanol–water partition coefficient (Wildman–Crippen LogP) is 2.89. The number of aromatic nitrogens is 3. The van der Waals surface area contributed by atoms with E-state index in [2.05, 4.69) is 30.0 Å². The Bertz CT molecular complexity index is 649. The molecule has 24 heavy (non-hydrogen) atoms. The molecular weight excluding hydrogens is 306 g/mol. The van der Waals surface area contributed by atoms with Gasteiger partial charge in [0.25, 0.3) is 0 Å². The lowest BCUT2D eigenvalue weighted by atomic mass is 9.89. The highest BCUT2D eigenvalue weighted by atomic mass is 16.2. The first-order valence-electron chi connectivity index (χ1n) is 8.70. The van der Waals surface area contributed by atoms with Gasteiger partial charge in [0.1, 0.15) is 0 Å². The van der Waals surface area contributed by atoms with Crippen LogP contribution in [-0.4, -0.2) is 14.5 Å². The Morgan fingerprint density at radius 2 is 1.71 bits per heavy atom. The van der Waals surface area contributed by atoms with E-state index in [0.717, 1.165) is 51.4 Å². The molecule has 6 heteroatoms. The van der Waals surface area contributed by atoms with Gasteiger partial charge in [-0.1, -0.05) is 31.9 Å². The fourth-order valence-corrected chi connectivity index (χ4v) is 3.07. The number of H-pyrrole nitrogens is 2. The van der Waals surface area contributed by atoms with Crippen LogP contribution in [0.3, 0.4) is 0 Å². The summed E-state index contributed by atoms with van der Waals surface area (Å²) in [5, 5.41) is 0.